The van der Waals surface area contributed by atoms with Crippen LogP contribution < -0.4 is 4.74 Å². The first kappa shape index (κ1) is 15.5. The normalized spacial score (nSPS) is 11.0. The Bertz CT molecular complexity index is 795. The van der Waals surface area contributed by atoms with Crippen LogP contribution in [0.4, 0.5) is 8.78 Å². The summed E-state index contributed by atoms with van der Waals surface area (Å²) in [6.07, 6.45) is 1.90. The summed E-state index contributed by atoms with van der Waals surface area (Å²) in [5.74, 6) is -0.116. The minimum atomic E-state index is -2.80. The van der Waals surface area contributed by atoms with Crippen LogP contribution in [0.5, 0.6) is 5.75 Å². The molecule has 118 valence electrons. The summed E-state index contributed by atoms with van der Waals surface area (Å²) in [6, 6.07) is 5.12. The molecule has 3 heterocycles. The van der Waals surface area contributed by atoms with Gasteiger partial charge in [0.25, 0.3) is 5.89 Å². The van der Waals surface area contributed by atoms with Crippen molar-refractivity contribution < 1.29 is 17.9 Å². The van der Waals surface area contributed by atoms with Crippen LogP contribution in [-0.2, 0) is 6.61 Å². The zero-order chi connectivity index (χ0) is 16.2. The molecule has 0 aliphatic rings. The minimum absolute atomic E-state index is 0.00328. The van der Waals surface area contributed by atoms with Crippen molar-refractivity contribution in [1.29, 1.82) is 0 Å². The summed E-state index contributed by atoms with van der Waals surface area (Å²) >= 11 is 3.30. The lowest BCUT2D eigenvalue weighted by Gasteiger charge is -2.05. The van der Waals surface area contributed by atoms with Gasteiger partial charge in [0.1, 0.15) is 12.4 Å². The monoisotopic (exact) mass is 382 g/mol. The first-order valence-electron chi connectivity index (χ1n) is 6.42. The fourth-order valence-corrected chi connectivity index (χ4v) is 2.05. The number of rotatable bonds is 5. The quantitative estimate of drug-likeness (QED) is 0.667. The van der Waals surface area contributed by atoms with E-state index in [9.17, 15) is 8.78 Å². The Labute approximate surface area is 137 Å². The van der Waals surface area contributed by atoms with Crippen molar-refractivity contribution in [3.05, 3.63) is 52.8 Å². The van der Waals surface area contributed by atoms with Gasteiger partial charge in [-0.15, -0.1) is 10.2 Å². The first-order chi connectivity index (χ1) is 11.1. The molecule has 0 aromatic carbocycles. The predicted molar refractivity (Wildman–Crippen MR) is 78.8 cm³/mol. The van der Waals surface area contributed by atoms with Crippen LogP contribution in [0.2, 0.25) is 0 Å². The molecule has 3 aromatic heterocycles. The molecule has 0 aliphatic carbocycles. The average Bonchev–Trinajstić information content (AvgIpc) is 3.04. The van der Waals surface area contributed by atoms with Gasteiger partial charge in [-0.1, -0.05) is 0 Å². The number of alkyl halides is 2. The zero-order valence-corrected chi connectivity index (χ0v) is 13.1. The lowest BCUT2D eigenvalue weighted by Crippen LogP contribution is -1.98. The van der Waals surface area contributed by atoms with E-state index in [0.29, 0.717) is 17.0 Å². The van der Waals surface area contributed by atoms with Crippen molar-refractivity contribution in [2.75, 3.05) is 0 Å². The topological polar surface area (TPSA) is 73.9 Å². The highest BCUT2D eigenvalue weighted by Gasteiger charge is 2.17. The molecule has 0 fully saturated rings. The number of pyridine rings is 2. The smallest absolute Gasteiger partial charge is 0.314 e. The highest BCUT2D eigenvalue weighted by Crippen LogP contribution is 2.23. The zero-order valence-electron chi connectivity index (χ0n) is 11.5. The molecule has 0 atom stereocenters. The van der Waals surface area contributed by atoms with Gasteiger partial charge in [-0.05, 0) is 34.1 Å². The van der Waals surface area contributed by atoms with E-state index in [0.717, 1.165) is 4.47 Å². The number of hydrogen-bond donors (Lipinski definition) is 0. The Morgan fingerprint density at radius 1 is 1.17 bits per heavy atom. The second-order valence-electron chi connectivity index (χ2n) is 4.41. The number of halogens is 3. The Kier molecular flexibility index (Phi) is 4.56. The van der Waals surface area contributed by atoms with Crippen LogP contribution in [0.25, 0.3) is 11.5 Å². The second kappa shape index (κ2) is 6.78. The minimum Gasteiger partial charge on any atom is -0.486 e. The van der Waals surface area contributed by atoms with E-state index in [2.05, 4.69) is 36.1 Å². The Morgan fingerprint density at radius 3 is 2.70 bits per heavy atom. The van der Waals surface area contributed by atoms with E-state index >= 15 is 0 Å². The van der Waals surface area contributed by atoms with Crippen molar-refractivity contribution >= 4 is 15.9 Å². The third kappa shape index (κ3) is 3.86. The number of nitrogens with zero attached hydrogens (tertiary/aromatic N) is 4. The Hall–Kier alpha value is -2.42. The molecule has 0 saturated heterocycles. The van der Waals surface area contributed by atoms with Crippen LogP contribution in [-0.4, -0.2) is 20.2 Å². The molecule has 23 heavy (non-hydrogen) atoms. The average molecular weight is 383 g/mol. The van der Waals surface area contributed by atoms with Gasteiger partial charge in [0.15, 0.2) is 0 Å². The van der Waals surface area contributed by atoms with Crippen LogP contribution in [0.15, 0.2) is 45.7 Å². The van der Waals surface area contributed by atoms with Crippen LogP contribution in [0, 0.1) is 0 Å². The van der Waals surface area contributed by atoms with Crippen molar-refractivity contribution in [3.8, 4) is 17.2 Å². The van der Waals surface area contributed by atoms with E-state index in [1.54, 1.807) is 30.6 Å². The molecule has 0 radical (unpaired) electrons. The second-order valence-corrected chi connectivity index (χ2v) is 5.33. The highest BCUT2D eigenvalue weighted by atomic mass is 79.9. The lowest BCUT2D eigenvalue weighted by atomic mass is 10.2. The summed E-state index contributed by atoms with van der Waals surface area (Å²) in [5.41, 5.74) is 1.11. The molecular weight excluding hydrogens is 374 g/mol. The summed E-state index contributed by atoms with van der Waals surface area (Å²) < 4.78 is 36.0. The Morgan fingerprint density at radius 2 is 2.04 bits per heavy atom. The molecule has 9 heteroatoms. The molecule has 0 spiro atoms. The maximum atomic E-state index is 12.4. The van der Waals surface area contributed by atoms with Gasteiger partial charge in [-0.3, -0.25) is 9.97 Å². The lowest BCUT2D eigenvalue weighted by molar-refractivity contribution is 0.116. The summed E-state index contributed by atoms with van der Waals surface area (Å²) in [4.78, 5) is 8.16. The molecule has 6 nitrogen and oxygen atoms in total. The standard InChI is InChI=1S/C14H9BrF2N4O2/c15-9-3-11(6-18-5-9)22-7-10-2-1-8(4-19-10)13-20-21-14(23-13)12(16)17/h1-6,12H,7H2. The van der Waals surface area contributed by atoms with Crippen LogP contribution in [0.1, 0.15) is 18.0 Å². The molecule has 0 saturated carbocycles. The third-order valence-electron chi connectivity index (χ3n) is 2.77. The SMILES string of the molecule is FC(F)c1nnc(-c2ccc(COc3cncc(Br)c3)nc2)o1. The van der Waals surface area contributed by atoms with Crippen LogP contribution in [0.3, 0.4) is 0 Å². The van der Waals surface area contributed by atoms with Crippen molar-refractivity contribution in [2.45, 2.75) is 13.0 Å². The molecular formula is C14H9BrF2N4O2. The predicted octanol–water partition coefficient (Wildman–Crippen LogP) is 3.81. The van der Waals surface area contributed by atoms with Gasteiger partial charge < -0.3 is 9.15 Å². The molecule has 0 N–H and O–H groups in total. The molecule has 0 bridgehead atoms. The number of aromatic nitrogens is 4. The van der Waals surface area contributed by atoms with E-state index in [-0.39, 0.29) is 12.5 Å². The van der Waals surface area contributed by atoms with Gasteiger partial charge in [-0.25, -0.2) is 0 Å². The van der Waals surface area contributed by atoms with E-state index in [1.165, 1.54) is 6.20 Å². The van der Waals surface area contributed by atoms with Gasteiger partial charge in [-0.2, -0.15) is 8.78 Å². The Balaban J connectivity index is 1.67. The maximum absolute atomic E-state index is 12.4. The maximum Gasteiger partial charge on any atom is 0.314 e. The summed E-state index contributed by atoms with van der Waals surface area (Å²) in [7, 11) is 0. The number of hydrogen-bond acceptors (Lipinski definition) is 6. The fraction of sp³-hybridized carbons (Fsp3) is 0.143. The molecule has 3 rings (SSSR count). The number of ether oxygens (including phenoxy) is 1. The van der Waals surface area contributed by atoms with Crippen LogP contribution >= 0.6 is 15.9 Å². The van der Waals surface area contributed by atoms with E-state index in [1.807, 2.05) is 0 Å². The van der Waals surface area contributed by atoms with Gasteiger partial charge in [0.05, 0.1) is 17.5 Å². The summed E-state index contributed by atoms with van der Waals surface area (Å²) in [5, 5.41) is 6.83. The van der Waals surface area contributed by atoms with Crippen molar-refractivity contribution in [1.82, 2.24) is 20.2 Å². The van der Waals surface area contributed by atoms with E-state index < -0.39 is 12.3 Å². The highest BCUT2D eigenvalue weighted by molar-refractivity contribution is 9.10. The van der Waals surface area contributed by atoms with Crippen molar-refractivity contribution in [3.63, 3.8) is 0 Å². The molecule has 0 aliphatic heterocycles. The first-order valence-corrected chi connectivity index (χ1v) is 7.21. The van der Waals surface area contributed by atoms with Gasteiger partial charge >= 0.3 is 6.43 Å². The van der Waals surface area contributed by atoms with Crippen molar-refractivity contribution in [2.24, 2.45) is 0 Å². The molecule has 0 amide bonds. The molecule has 0 unspecified atom stereocenters. The van der Waals surface area contributed by atoms with E-state index in [4.69, 9.17) is 9.15 Å². The summed E-state index contributed by atoms with van der Waals surface area (Å²) in [6.45, 7) is 0.241. The third-order valence-corrected chi connectivity index (χ3v) is 3.20. The molecule has 3 aromatic rings. The fourth-order valence-electron chi connectivity index (χ4n) is 1.70. The van der Waals surface area contributed by atoms with Gasteiger partial charge in [0, 0.05) is 16.9 Å². The largest absolute Gasteiger partial charge is 0.486 e. The van der Waals surface area contributed by atoms with Gasteiger partial charge in [0.2, 0.25) is 5.89 Å².